The highest BCUT2D eigenvalue weighted by molar-refractivity contribution is 5.98. The molecule has 3 aromatic rings. The largest absolute Gasteiger partial charge is 0.399 e. The van der Waals surface area contributed by atoms with Gasteiger partial charge in [0, 0.05) is 42.4 Å². The number of amides is 1. The number of nitrogen functional groups attached to an aromatic ring is 2. The lowest BCUT2D eigenvalue weighted by Crippen LogP contribution is -2.23. The standard InChI is InChI=1S/C23H24N4O2/c24-20-10-5-16(6-11-20)7-12-22(29)27-15-17-3-8-18(9-4-17)21(28)14-19-2-1-13-26-23(19)25/h1-6,8-11,13H,7,12,14-15,24H2,(H2,25,26)(H,27,29). The Morgan fingerprint density at radius 2 is 1.59 bits per heavy atom. The molecule has 0 saturated carbocycles. The number of carbonyl (C=O) groups is 2. The molecule has 0 fully saturated rings. The van der Waals surface area contributed by atoms with Crippen molar-refractivity contribution < 1.29 is 9.59 Å². The summed E-state index contributed by atoms with van der Waals surface area (Å²) >= 11 is 0. The zero-order chi connectivity index (χ0) is 20.6. The summed E-state index contributed by atoms with van der Waals surface area (Å²) in [4.78, 5) is 28.5. The second-order valence-corrected chi connectivity index (χ2v) is 6.86. The Morgan fingerprint density at radius 3 is 2.28 bits per heavy atom. The number of Topliss-reactive ketones (excluding diaryl/α,β-unsaturated/α-hetero) is 1. The number of hydrogen-bond acceptors (Lipinski definition) is 5. The van der Waals surface area contributed by atoms with Crippen molar-refractivity contribution in [2.45, 2.75) is 25.8 Å². The molecule has 0 radical (unpaired) electrons. The van der Waals surface area contributed by atoms with Crippen LogP contribution in [0, 0.1) is 0 Å². The van der Waals surface area contributed by atoms with Gasteiger partial charge in [-0.3, -0.25) is 9.59 Å². The summed E-state index contributed by atoms with van der Waals surface area (Å²) in [5.74, 6) is 0.331. The lowest BCUT2D eigenvalue weighted by Gasteiger charge is -2.07. The smallest absolute Gasteiger partial charge is 0.220 e. The van der Waals surface area contributed by atoms with Crippen LogP contribution >= 0.6 is 0 Å². The van der Waals surface area contributed by atoms with Gasteiger partial charge in [0.05, 0.1) is 0 Å². The van der Waals surface area contributed by atoms with Gasteiger partial charge in [-0.05, 0) is 35.7 Å². The molecule has 0 bridgehead atoms. The molecule has 1 heterocycles. The summed E-state index contributed by atoms with van der Waals surface area (Å²) in [6, 6.07) is 18.3. The molecule has 5 N–H and O–H groups in total. The first-order valence-corrected chi connectivity index (χ1v) is 9.44. The van der Waals surface area contributed by atoms with Crippen LogP contribution in [0.1, 0.15) is 33.5 Å². The highest BCUT2D eigenvalue weighted by Gasteiger charge is 2.10. The fraction of sp³-hybridized carbons (Fsp3) is 0.174. The third-order valence-electron chi connectivity index (χ3n) is 4.66. The molecule has 3 rings (SSSR count). The van der Waals surface area contributed by atoms with Crippen molar-refractivity contribution in [2.75, 3.05) is 11.5 Å². The van der Waals surface area contributed by atoms with Crippen LogP contribution in [0.2, 0.25) is 0 Å². The summed E-state index contributed by atoms with van der Waals surface area (Å²) in [5.41, 5.74) is 15.5. The van der Waals surface area contributed by atoms with E-state index in [1.165, 1.54) is 0 Å². The Kier molecular flexibility index (Phi) is 6.58. The fourth-order valence-corrected chi connectivity index (χ4v) is 2.92. The van der Waals surface area contributed by atoms with E-state index in [9.17, 15) is 9.59 Å². The number of hydrogen-bond donors (Lipinski definition) is 3. The van der Waals surface area contributed by atoms with Gasteiger partial charge < -0.3 is 16.8 Å². The van der Waals surface area contributed by atoms with Crippen molar-refractivity contribution >= 4 is 23.2 Å². The Bertz CT molecular complexity index is 983. The van der Waals surface area contributed by atoms with Crippen molar-refractivity contribution in [2.24, 2.45) is 0 Å². The monoisotopic (exact) mass is 388 g/mol. The number of aromatic nitrogens is 1. The molecule has 0 unspecified atom stereocenters. The average molecular weight is 388 g/mol. The summed E-state index contributed by atoms with van der Waals surface area (Å²) in [6.07, 6.45) is 2.88. The maximum atomic E-state index is 12.4. The lowest BCUT2D eigenvalue weighted by atomic mass is 10.0. The number of nitrogens with one attached hydrogen (secondary N) is 1. The molecule has 0 aliphatic heterocycles. The molecule has 0 spiro atoms. The molecule has 29 heavy (non-hydrogen) atoms. The highest BCUT2D eigenvalue weighted by atomic mass is 16.1. The quantitative estimate of drug-likeness (QED) is 0.406. The number of aryl methyl sites for hydroxylation is 1. The fourth-order valence-electron chi connectivity index (χ4n) is 2.92. The second-order valence-electron chi connectivity index (χ2n) is 6.86. The summed E-state index contributed by atoms with van der Waals surface area (Å²) in [7, 11) is 0. The van der Waals surface area contributed by atoms with Crippen molar-refractivity contribution in [3.05, 3.63) is 89.1 Å². The first-order chi connectivity index (χ1) is 14.0. The Hall–Kier alpha value is -3.67. The van der Waals surface area contributed by atoms with Crippen molar-refractivity contribution in [1.82, 2.24) is 10.3 Å². The molecule has 0 aliphatic carbocycles. The molecule has 6 nitrogen and oxygen atoms in total. The third-order valence-corrected chi connectivity index (χ3v) is 4.66. The van der Waals surface area contributed by atoms with Gasteiger partial charge in [0.15, 0.2) is 5.78 Å². The molecule has 1 amide bonds. The number of nitrogens with two attached hydrogens (primary N) is 2. The lowest BCUT2D eigenvalue weighted by molar-refractivity contribution is -0.121. The van der Waals surface area contributed by atoms with Crippen LogP contribution in [0.15, 0.2) is 66.9 Å². The van der Waals surface area contributed by atoms with Gasteiger partial charge in [-0.1, -0.05) is 42.5 Å². The molecule has 1 aromatic heterocycles. The summed E-state index contributed by atoms with van der Waals surface area (Å²) in [5, 5.41) is 2.90. The topological polar surface area (TPSA) is 111 Å². The molecule has 148 valence electrons. The summed E-state index contributed by atoms with van der Waals surface area (Å²) < 4.78 is 0. The number of carbonyl (C=O) groups excluding carboxylic acids is 2. The highest BCUT2D eigenvalue weighted by Crippen LogP contribution is 2.13. The van der Waals surface area contributed by atoms with Crippen molar-refractivity contribution in [1.29, 1.82) is 0 Å². The van der Waals surface area contributed by atoms with Gasteiger partial charge in [0.25, 0.3) is 0 Å². The Morgan fingerprint density at radius 1 is 0.897 bits per heavy atom. The van der Waals surface area contributed by atoms with E-state index in [1.54, 1.807) is 30.5 Å². The van der Waals surface area contributed by atoms with Gasteiger partial charge in [-0.2, -0.15) is 0 Å². The van der Waals surface area contributed by atoms with E-state index in [-0.39, 0.29) is 18.1 Å². The number of anilines is 2. The van der Waals surface area contributed by atoms with Gasteiger partial charge in [-0.25, -0.2) is 4.98 Å². The average Bonchev–Trinajstić information content (AvgIpc) is 2.74. The van der Waals surface area contributed by atoms with E-state index in [4.69, 9.17) is 11.5 Å². The molecule has 0 atom stereocenters. The van der Waals surface area contributed by atoms with E-state index >= 15 is 0 Å². The van der Waals surface area contributed by atoms with Gasteiger partial charge in [0.1, 0.15) is 5.82 Å². The minimum absolute atomic E-state index is 0.0194. The zero-order valence-electron chi connectivity index (χ0n) is 16.1. The first kappa shape index (κ1) is 20.1. The minimum atomic E-state index is -0.0243. The van der Waals surface area contributed by atoms with E-state index < -0.39 is 0 Å². The van der Waals surface area contributed by atoms with E-state index in [1.807, 2.05) is 36.4 Å². The predicted octanol–water partition coefficient (Wildman–Crippen LogP) is 2.92. The maximum absolute atomic E-state index is 12.4. The Balaban J connectivity index is 1.47. The van der Waals surface area contributed by atoms with Crippen LogP contribution in [0.3, 0.4) is 0 Å². The zero-order valence-corrected chi connectivity index (χ0v) is 16.1. The van der Waals surface area contributed by atoms with Crippen LogP contribution in [0.5, 0.6) is 0 Å². The molecular formula is C23H24N4O2. The minimum Gasteiger partial charge on any atom is -0.399 e. The number of ketones is 1. The van der Waals surface area contributed by atoms with Gasteiger partial charge >= 0.3 is 0 Å². The molecule has 6 heteroatoms. The van der Waals surface area contributed by atoms with E-state index in [0.717, 1.165) is 16.7 Å². The van der Waals surface area contributed by atoms with Crippen LogP contribution < -0.4 is 16.8 Å². The SMILES string of the molecule is Nc1ccc(CCC(=O)NCc2ccc(C(=O)Cc3cccnc3N)cc2)cc1. The number of rotatable bonds is 8. The van der Waals surface area contributed by atoms with Crippen LogP contribution in [0.25, 0.3) is 0 Å². The van der Waals surface area contributed by atoms with Crippen LogP contribution in [-0.2, 0) is 24.2 Å². The first-order valence-electron chi connectivity index (χ1n) is 9.44. The molecule has 0 aliphatic rings. The number of pyridine rings is 1. The molecule has 0 saturated heterocycles. The van der Waals surface area contributed by atoms with Crippen molar-refractivity contribution in [3.63, 3.8) is 0 Å². The maximum Gasteiger partial charge on any atom is 0.220 e. The Labute approximate surface area is 170 Å². The normalized spacial score (nSPS) is 10.5. The van der Waals surface area contributed by atoms with E-state index in [0.29, 0.717) is 36.5 Å². The number of benzene rings is 2. The van der Waals surface area contributed by atoms with Gasteiger partial charge in [0.2, 0.25) is 5.91 Å². The third kappa shape index (κ3) is 5.90. The van der Waals surface area contributed by atoms with Crippen LogP contribution in [-0.4, -0.2) is 16.7 Å². The number of nitrogens with zero attached hydrogens (tertiary/aromatic N) is 1. The summed E-state index contributed by atoms with van der Waals surface area (Å²) in [6.45, 7) is 0.421. The van der Waals surface area contributed by atoms with Crippen molar-refractivity contribution in [3.8, 4) is 0 Å². The molecule has 2 aromatic carbocycles. The van der Waals surface area contributed by atoms with E-state index in [2.05, 4.69) is 10.3 Å². The second kappa shape index (κ2) is 9.50. The molecular weight excluding hydrogens is 364 g/mol. The van der Waals surface area contributed by atoms with Crippen LogP contribution in [0.4, 0.5) is 11.5 Å². The predicted molar refractivity (Wildman–Crippen MR) is 114 cm³/mol. The van der Waals surface area contributed by atoms with Gasteiger partial charge in [-0.15, -0.1) is 0 Å².